The molecule has 0 saturated carbocycles. The first kappa shape index (κ1) is 13.1. The van der Waals surface area contributed by atoms with Crippen molar-refractivity contribution >= 4 is 16.7 Å². The summed E-state index contributed by atoms with van der Waals surface area (Å²) in [5, 5.41) is 2.11. The van der Waals surface area contributed by atoms with Crippen molar-refractivity contribution in [2.75, 3.05) is 6.54 Å². The summed E-state index contributed by atoms with van der Waals surface area (Å²) in [6.45, 7) is 4.81. The predicted molar refractivity (Wildman–Crippen MR) is 81.7 cm³/mol. The van der Waals surface area contributed by atoms with Gasteiger partial charge in [-0.15, -0.1) is 0 Å². The van der Waals surface area contributed by atoms with Gasteiger partial charge in [-0.3, -0.25) is 4.79 Å². The van der Waals surface area contributed by atoms with Crippen molar-refractivity contribution in [1.82, 2.24) is 4.90 Å². The van der Waals surface area contributed by atoms with Crippen molar-refractivity contribution < 1.29 is 4.79 Å². The van der Waals surface area contributed by atoms with Crippen LogP contribution in [0.2, 0.25) is 0 Å². The second-order valence-electron chi connectivity index (χ2n) is 6.22. The second-order valence-corrected chi connectivity index (χ2v) is 6.22. The van der Waals surface area contributed by atoms with E-state index >= 15 is 0 Å². The molecule has 1 aliphatic rings. The monoisotopic (exact) mass is 268 g/mol. The highest BCUT2D eigenvalue weighted by Crippen LogP contribution is 2.31. The molecule has 0 bridgehead atoms. The van der Waals surface area contributed by atoms with Crippen LogP contribution in [-0.2, 0) is 0 Å². The number of hydrogen-bond acceptors (Lipinski definition) is 2. The first-order valence-electron chi connectivity index (χ1n) is 7.04. The maximum Gasteiger partial charge on any atom is 0.254 e. The van der Waals surface area contributed by atoms with Crippen LogP contribution in [0.25, 0.3) is 10.8 Å². The Bertz CT molecular complexity index is 658. The van der Waals surface area contributed by atoms with Gasteiger partial charge in [0, 0.05) is 23.7 Å². The Morgan fingerprint density at radius 2 is 1.90 bits per heavy atom. The van der Waals surface area contributed by atoms with E-state index in [1.54, 1.807) is 0 Å². The Balaban J connectivity index is 2.05. The van der Waals surface area contributed by atoms with E-state index in [1.165, 1.54) is 0 Å². The van der Waals surface area contributed by atoms with Gasteiger partial charge in [-0.05, 0) is 37.1 Å². The number of benzene rings is 2. The summed E-state index contributed by atoms with van der Waals surface area (Å²) in [5.41, 5.74) is 6.63. The zero-order valence-corrected chi connectivity index (χ0v) is 12.0. The van der Waals surface area contributed by atoms with Gasteiger partial charge in [-0.25, -0.2) is 0 Å². The molecule has 3 nitrogen and oxygen atoms in total. The molecule has 1 heterocycles. The molecular weight excluding hydrogens is 248 g/mol. The number of likely N-dealkylation sites (tertiary alicyclic amines) is 1. The quantitative estimate of drug-likeness (QED) is 0.864. The van der Waals surface area contributed by atoms with Crippen molar-refractivity contribution in [2.45, 2.75) is 31.8 Å². The summed E-state index contributed by atoms with van der Waals surface area (Å²) in [5.74, 6) is 0.0831. The van der Waals surface area contributed by atoms with Gasteiger partial charge in [0.25, 0.3) is 5.91 Å². The van der Waals surface area contributed by atoms with E-state index in [1.807, 2.05) is 47.4 Å². The van der Waals surface area contributed by atoms with Gasteiger partial charge in [0.05, 0.1) is 0 Å². The molecular formula is C17H20N2O. The lowest BCUT2D eigenvalue weighted by atomic mass is 9.98. The summed E-state index contributed by atoms with van der Waals surface area (Å²) in [4.78, 5) is 14.8. The smallest absolute Gasteiger partial charge is 0.254 e. The largest absolute Gasteiger partial charge is 0.332 e. The van der Waals surface area contributed by atoms with Gasteiger partial charge < -0.3 is 10.6 Å². The average Bonchev–Trinajstić information content (AvgIpc) is 2.70. The number of hydrogen-bond donors (Lipinski definition) is 1. The lowest BCUT2D eigenvalue weighted by Crippen LogP contribution is -2.42. The predicted octanol–water partition coefficient (Wildman–Crippen LogP) is 2.79. The number of amides is 1. The number of fused-ring (bicyclic) bond motifs is 1. The maximum absolute atomic E-state index is 12.9. The van der Waals surface area contributed by atoms with Crippen molar-refractivity contribution in [3.63, 3.8) is 0 Å². The third-order valence-corrected chi connectivity index (χ3v) is 4.17. The molecule has 1 atom stereocenters. The highest BCUT2D eigenvalue weighted by Gasteiger charge is 2.40. The van der Waals surface area contributed by atoms with Crippen molar-refractivity contribution in [1.29, 1.82) is 0 Å². The van der Waals surface area contributed by atoms with Gasteiger partial charge >= 0.3 is 0 Å². The summed E-state index contributed by atoms with van der Waals surface area (Å²) in [7, 11) is 0. The van der Waals surface area contributed by atoms with Gasteiger partial charge in [-0.2, -0.15) is 0 Å². The average molecular weight is 268 g/mol. The highest BCUT2D eigenvalue weighted by molar-refractivity contribution is 6.07. The number of rotatable bonds is 1. The molecule has 20 heavy (non-hydrogen) atoms. The van der Waals surface area contributed by atoms with E-state index in [0.717, 1.165) is 22.8 Å². The lowest BCUT2D eigenvalue weighted by molar-refractivity contribution is 0.0653. The number of carbonyl (C=O) groups excluding carboxylic acids is 1. The molecule has 2 aromatic carbocycles. The normalized spacial score (nSPS) is 21.4. The molecule has 2 N–H and O–H groups in total. The molecule has 2 aromatic rings. The van der Waals surface area contributed by atoms with E-state index in [9.17, 15) is 4.79 Å². The van der Waals surface area contributed by atoms with E-state index in [4.69, 9.17) is 5.73 Å². The van der Waals surface area contributed by atoms with E-state index in [0.29, 0.717) is 6.54 Å². The van der Waals surface area contributed by atoms with Crippen LogP contribution in [0, 0.1) is 0 Å². The Kier molecular flexibility index (Phi) is 3.02. The summed E-state index contributed by atoms with van der Waals surface area (Å²) in [6, 6.07) is 14.0. The number of nitrogens with zero attached hydrogens (tertiary/aromatic N) is 1. The molecule has 3 heteroatoms. The minimum absolute atomic E-state index is 0.0731. The van der Waals surface area contributed by atoms with Gasteiger partial charge in [0.15, 0.2) is 0 Å². The van der Waals surface area contributed by atoms with Crippen LogP contribution in [0.3, 0.4) is 0 Å². The molecule has 0 aliphatic carbocycles. The minimum Gasteiger partial charge on any atom is -0.332 e. The highest BCUT2D eigenvalue weighted by atomic mass is 16.2. The number of nitrogens with two attached hydrogens (primary N) is 1. The molecule has 1 unspecified atom stereocenters. The zero-order chi connectivity index (χ0) is 14.3. The third-order valence-electron chi connectivity index (χ3n) is 4.17. The van der Waals surface area contributed by atoms with Gasteiger partial charge in [-0.1, -0.05) is 36.4 Å². The van der Waals surface area contributed by atoms with Gasteiger partial charge in [0.2, 0.25) is 0 Å². The minimum atomic E-state index is -0.173. The topological polar surface area (TPSA) is 46.3 Å². The molecule has 3 rings (SSSR count). The number of carbonyl (C=O) groups is 1. The molecule has 1 fully saturated rings. The Hall–Kier alpha value is -1.87. The summed E-state index contributed by atoms with van der Waals surface area (Å²) >= 11 is 0. The molecule has 0 spiro atoms. The maximum atomic E-state index is 12.9. The van der Waals surface area contributed by atoms with E-state index in [-0.39, 0.29) is 17.5 Å². The van der Waals surface area contributed by atoms with Crippen LogP contribution in [0.4, 0.5) is 0 Å². The van der Waals surface area contributed by atoms with Crippen LogP contribution in [-0.4, -0.2) is 28.9 Å². The van der Waals surface area contributed by atoms with Crippen molar-refractivity contribution in [3.05, 3.63) is 48.0 Å². The van der Waals surface area contributed by atoms with Crippen LogP contribution in [0.15, 0.2) is 42.5 Å². The molecule has 0 radical (unpaired) electrons. The Morgan fingerprint density at radius 3 is 2.60 bits per heavy atom. The standard InChI is InChI=1S/C17H20N2O/c1-17(2)10-13(18)11-19(17)16(20)15-9-5-7-12-6-3-4-8-14(12)15/h3-9,13H,10-11,18H2,1-2H3. The van der Waals surface area contributed by atoms with Crippen molar-refractivity contribution in [3.8, 4) is 0 Å². The fourth-order valence-corrected chi connectivity index (χ4v) is 3.21. The molecule has 1 aliphatic heterocycles. The summed E-state index contributed by atoms with van der Waals surface area (Å²) < 4.78 is 0. The summed E-state index contributed by atoms with van der Waals surface area (Å²) in [6.07, 6.45) is 0.851. The lowest BCUT2D eigenvalue weighted by Gasteiger charge is -2.31. The first-order chi connectivity index (χ1) is 9.49. The van der Waals surface area contributed by atoms with Crippen LogP contribution < -0.4 is 5.73 Å². The Morgan fingerprint density at radius 1 is 1.20 bits per heavy atom. The SMILES string of the molecule is CC1(C)CC(N)CN1C(=O)c1cccc2ccccc12. The zero-order valence-electron chi connectivity index (χ0n) is 12.0. The molecule has 104 valence electrons. The van der Waals surface area contributed by atoms with E-state index < -0.39 is 0 Å². The molecule has 0 aromatic heterocycles. The van der Waals surface area contributed by atoms with Crippen LogP contribution in [0.5, 0.6) is 0 Å². The fraction of sp³-hybridized carbons (Fsp3) is 0.353. The Labute approximate surface area is 119 Å². The van der Waals surface area contributed by atoms with Crippen LogP contribution >= 0.6 is 0 Å². The van der Waals surface area contributed by atoms with E-state index in [2.05, 4.69) is 13.8 Å². The van der Waals surface area contributed by atoms with Gasteiger partial charge in [0.1, 0.15) is 0 Å². The second kappa shape index (κ2) is 4.60. The molecule has 1 saturated heterocycles. The van der Waals surface area contributed by atoms with Crippen molar-refractivity contribution in [2.24, 2.45) is 5.73 Å². The first-order valence-corrected chi connectivity index (χ1v) is 7.04. The van der Waals surface area contributed by atoms with Crippen LogP contribution in [0.1, 0.15) is 30.6 Å². The third kappa shape index (κ3) is 2.08. The fourth-order valence-electron chi connectivity index (χ4n) is 3.21. The molecule has 1 amide bonds.